The zero-order valence-electron chi connectivity index (χ0n) is 13.8. The van der Waals surface area contributed by atoms with Gasteiger partial charge in [-0.1, -0.05) is 12.8 Å². The molecule has 1 saturated carbocycles. The van der Waals surface area contributed by atoms with Crippen molar-refractivity contribution in [2.45, 2.75) is 43.7 Å². The molecule has 5 nitrogen and oxygen atoms in total. The molecule has 2 aliphatic rings. The summed E-state index contributed by atoms with van der Waals surface area (Å²) in [6.45, 7) is 1.53. The number of nitrogens with zero attached hydrogens (tertiary/aromatic N) is 1. The average Bonchev–Trinajstić information content (AvgIpc) is 3.17. The van der Waals surface area contributed by atoms with E-state index in [0.717, 1.165) is 12.8 Å². The van der Waals surface area contributed by atoms with Crippen LogP contribution in [-0.4, -0.2) is 53.8 Å². The van der Waals surface area contributed by atoms with Crippen molar-refractivity contribution in [3.05, 3.63) is 30.1 Å². The first kappa shape index (κ1) is 17.2. The molecule has 0 aromatic heterocycles. The van der Waals surface area contributed by atoms with E-state index in [-0.39, 0.29) is 18.3 Å². The summed E-state index contributed by atoms with van der Waals surface area (Å²) in [5, 5.41) is 13.7. The zero-order valence-corrected chi connectivity index (χ0v) is 13.8. The number of amides is 1. The Morgan fingerprint density at radius 1 is 1.33 bits per heavy atom. The SMILES string of the molecule is O=C(CN1CC[C@](O)(COc2ccc(F)cc2)C1)NC1CCCC1. The number of carbonyl (C=O) groups excluding carboxylic acids is 1. The second-order valence-electron chi connectivity index (χ2n) is 6.98. The molecule has 1 aliphatic carbocycles. The van der Waals surface area contributed by atoms with Crippen LogP contribution in [0.2, 0.25) is 0 Å². The average molecular weight is 336 g/mol. The van der Waals surface area contributed by atoms with Crippen LogP contribution in [0.5, 0.6) is 5.75 Å². The Hall–Kier alpha value is -1.66. The van der Waals surface area contributed by atoms with Crippen LogP contribution in [0.3, 0.4) is 0 Å². The molecule has 132 valence electrons. The molecule has 0 radical (unpaired) electrons. The number of β-amino-alcohol motifs (C(OH)–C–C–N with tert-alkyl or cyclic N) is 1. The number of benzene rings is 1. The number of aliphatic hydroxyl groups is 1. The van der Waals surface area contributed by atoms with Crippen molar-refractivity contribution in [1.82, 2.24) is 10.2 Å². The molecule has 1 aromatic rings. The lowest BCUT2D eigenvalue weighted by Crippen LogP contribution is -2.43. The van der Waals surface area contributed by atoms with E-state index in [0.29, 0.717) is 37.8 Å². The number of carbonyl (C=O) groups is 1. The molecule has 1 heterocycles. The van der Waals surface area contributed by atoms with Crippen LogP contribution >= 0.6 is 0 Å². The topological polar surface area (TPSA) is 61.8 Å². The van der Waals surface area contributed by atoms with Crippen LogP contribution < -0.4 is 10.1 Å². The predicted octanol–water partition coefficient (Wildman–Crippen LogP) is 1.70. The Morgan fingerprint density at radius 2 is 2.04 bits per heavy atom. The quantitative estimate of drug-likeness (QED) is 0.830. The first-order valence-corrected chi connectivity index (χ1v) is 8.65. The maximum Gasteiger partial charge on any atom is 0.234 e. The van der Waals surface area contributed by atoms with Gasteiger partial charge < -0.3 is 15.2 Å². The molecule has 6 heteroatoms. The highest BCUT2D eigenvalue weighted by Crippen LogP contribution is 2.23. The number of hydrogen-bond acceptors (Lipinski definition) is 4. The molecular weight excluding hydrogens is 311 g/mol. The van der Waals surface area contributed by atoms with Crippen molar-refractivity contribution in [2.75, 3.05) is 26.2 Å². The maximum atomic E-state index is 12.9. The summed E-state index contributed by atoms with van der Waals surface area (Å²) < 4.78 is 18.4. The van der Waals surface area contributed by atoms with Crippen LogP contribution in [0.4, 0.5) is 4.39 Å². The van der Waals surface area contributed by atoms with Crippen molar-refractivity contribution in [3.8, 4) is 5.75 Å². The van der Waals surface area contributed by atoms with Gasteiger partial charge in [0.2, 0.25) is 5.91 Å². The fourth-order valence-electron chi connectivity index (χ4n) is 3.49. The van der Waals surface area contributed by atoms with Gasteiger partial charge >= 0.3 is 0 Å². The summed E-state index contributed by atoms with van der Waals surface area (Å²) in [4.78, 5) is 14.0. The first-order valence-electron chi connectivity index (χ1n) is 8.65. The van der Waals surface area contributed by atoms with Crippen LogP contribution in [-0.2, 0) is 4.79 Å². The van der Waals surface area contributed by atoms with Gasteiger partial charge in [-0.15, -0.1) is 0 Å². The highest BCUT2D eigenvalue weighted by atomic mass is 19.1. The monoisotopic (exact) mass is 336 g/mol. The Balaban J connectivity index is 1.43. The van der Waals surface area contributed by atoms with Gasteiger partial charge in [0.05, 0.1) is 6.54 Å². The standard InChI is InChI=1S/C18H25FN2O3/c19-14-5-7-16(8-6-14)24-13-18(23)9-10-21(12-18)11-17(22)20-15-3-1-2-4-15/h5-8,15,23H,1-4,9-13H2,(H,20,22)/t18-/m1/s1. The third-order valence-corrected chi connectivity index (χ3v) is 4.82. The summed E-state index contributed by atoms with van der Waals surface area (Å²) in [6.07, 6.45) is 5.08. The van der Waals surface area contributed by atoms with Crippen molar-refractivity contribution in [3.63, 3.8) is 0 Å². The molecule has 1 saturated heterocycles. The van der Waals surface area contributed by atoms with E-state index < -0.39 is 5.60 Å². The highest BCUT2D eigenvalue weighted by molar-refractivity contribution is 5.78. The van der Waals surface area contributed by atoms with Gasteiger partial charge in [-0.25, -0.2) is 4.39 Å². The molecule has 3 rings (SSSR count). The van der Waals surface area contributed by atoms with Crippen LogP contribution in [0.15, 0.2) is 24.3 Å². The van der Waals surface area contributed by atoms with E-state index in [4.69, 9.17) is 4.74 Å². The Bertz CT molecular complexity index is 560. The predicted molar refractivity (Wildman–Crippen MR) is 88.3 cm³/mol. The Morgan fingerprint density at radius 3 is 2.75 bits per heavy atom. The molecule has 1 amide bonds. The van der Waals surface area contributed by atoms with E-state index in [9.17, 15) is 14.3 Å². The van der Waals surface area contributed by atoms with Crippen LogP contribution in [0.25, 0.3) is 0 Å². The summed E-state index contributed by atoms with van der Waals surface area (Å²) in [5.74, 6) is 0.245. The molecule has 0 spiro atoms. The van der Waals surface area contributed by atoms with Gasteiger partial charge in [0, 0.05) is 19.1 Å². The number of halogens is 1. The van der Waals surface area contributed by atoms with Gasteiger partial charge in [0.25, 0.3) is 0 Å². The summed E-state index contributed by atoms with van der Waals surface area (Å²) in [7, 11) is 0. The Kier molecular flexibility index (Phi) is 5.36. The van der Waals surface area contributed by atoms with E-state index in [1.807, 2.05) is 4.90 Å². The summed E-state index contributed by atoms with van der Waals surface area (Å²) in [5.41, 5.74) is -0.970. The van der Waals surface area contributed by atoms with Gasteiger partial charge in [-0.05, 0) is 43.5 Å². The highest BCUT2D eigenvalue weighted by Gasteiger charge is 2.37. The minimum atomic E-state index is -0.970. The van der Waals surface area contributed by atoms with Gasteiger partial charge in [0.15, 0.2) is 0 Å². The number of ether oxygens (including phenoxy) is 1. The normalized spacial score (nSPS) is 25.1. The van der Waals surface area contributed by atoms with Crippen LogP contribution in [0, 0.1) is 5.82 Å². The third-order valence-electron chi connectivity index (χ3n) is 4.82. The first-order chi connectivity index (χ1) is 11.5. The number of nitrogens with one attached hydrogen (secondary N) is 1. The summed E-state index contributed by atoms with van der Waals surface area (Å²) >= 11 is 0. The van der Waals surface area contributed by atoms with Gasteiger partial charge in [-0.3, -0.25) is 9.69 Å². The van der Waals surface area contributed by atoms with Crippen molar-refractivity contribution >= 4 is 5.91 Å². The van der Waals surface area contributed by atoms with Gasteiger partial charge in [-0.2, -0.15) is 0 Å². The Labute approximate surface area is 141 Å². The lowest BCUT2D eigenvalue weighted by Gasteiger charge is -2.24. The molecule has 1 atom stereocenters. The molecular formula is C18H25FN2O3. The van der Waals surface area contributed by atoms with E-state index >= 15 is 0 Å². The summed E-state index contributed by atoms with van der Waals surface area (Å²) in [6, 6.07) is 6.06. The molecule has 0 unspecified atom stereocenters. The number of hydrogen-bond donors (Lipinski definition) is 2. The maximum absolute atomic E-state index is 12.9. The third kappa shape index (κ3) is 4.68. The van der Waals surface area contributed by atoms with Crippen molar-refractivity contribution < 1.29 is 19.0 Å². The van der Waals surface area contributed by atoms with Gasteiger partial charge in [0.1, 0.15) is 23.8 Å². The molecule has 2 N–H and O–H groups in total. The minimum absolute atomic E-state index is 0.0330. The lowest BCUT2D eigenvalue weighted by molar-refractivity contribution is -0.122. The fraction of sp³-hybridized carbons (Fsp3) is 0.611. The van der Waals surface area contributed by atoms with E-state index in [1.165, 1.54) is 25.0 Å². The largest absolute Gasteiger partial charge is 0.491 e. The van der Waals surface area contributed by atoms with Crippen molar-refractivity contribution in [2.24, 2.45) is 0 Å². The van der Waals surface area contributed by atoms with E-state index in [2.05, 4.69) is 5.32 Å². The lowest BCUT2D eigenvalue weighted by atomic mass is 10.1. The molecule has 1 aromatic carbocycles. The molecule has 0 bridgehead atoms. The fourth-order valence-corrected chi connectivity index (χ4v) is 3.49. The number of rotatable bonds is 6. The molecule has 24 heavy (non-hydrogen) atoms. The molecule has 2 fully saturated rings. The minimum Gasteiger partial charge on any atom is -0.491 e. The smallest absolute Gasteiger partial charge is 0.234 e. The van der Waals surface area contributed by atoms with Crippen LogP contribution in [0.1, 0.15) is 32.1 Å². The second kappa shape index (κ2) is 7.49. The zero-order chi connectivity index (χ0) is 17.0. The number of likely N-dealkylation sites (tertiary alicyclic amines) is 1. The van der Waals surface area contributed by atoms with Crippen molar-refractivity contribution in [1.29, 1.82) is 0 Å². The molecule has 1 aliphatic heterocycles. The second-order valence-corrected chi connectivity index (χ2v) is 6.98. The van der Waals surface area contributed by atoms with E-state index in [1.54, 1.807) is 12.1 Å².